The molecular formula is C30H28Cl2FN5O4S. The fourth-order valence-electron chi connectivity index (χ4n) is 6.46. The number of aromatic nitrogens is 2. The van der Waals surface area contributed by atoms with Gasteiger partial charge in [-0.3, -0.25) is 9.59 Å². The van der Waals surface area contributed by atoms with Gasteiger partial charge in [-0.15, -0.1) is 0 Å². The monoisotopic (exact) mass is 643 g/mol. The van der Waals surface area contributed by atoms with Gasteiger partial charge in [-0.2, -0.15) is 0 Å². The molecule has 2 unspecified atom stereocenters. The van der Waals surface area contributed by atoms with Crippen LogP contribution in [0.15, 0.2) is 34.9 Å². The van der Waals surface area contributed by atoms with Gasteiger partial charge in [-0.05, 0) is 62.8 Å². The average molecular weight is 645 g/mol. The number of amides is 1. The van der Waals surface area contributed by atoms with Gasteiger partial charge in [0.15, 0.2) is 10.9 Å². The van der Waals surface area contributed by atoms with Crippen molar-refractivity contribution in [3.8, 4) is 11.3 Å². The lowest BCUT2D eigenvalue weighted by molar-refractivity contribution is -0.135. The molecule has 1 amide bonds. The summed E-state index contributed by atoms with van der Waals surface area (Å²) >= 11 is 14.4. The third-order valence-corrected chi connectivity index (χ3v) is 10.2. The van der Waals surface area contributed by atoms with Gasteiger partial charge in [0, 0.05) is 47.3 Å². The van der Waals surface area contributed by atoms with E-state index in [0.29, 0.717) is 38.5 Å². The lowest BCUT2D eigenvalue weighted by atomic mass is 9.97. The zero-order valence-corrected chi connectivity index (χ0v) is 25.2. The first-order valence-corrected chi connectivity index (χ1v) is 15.9. The maximum absolute atomic E-state index is 15.0. The Morgan fingerprint density at radius 2 is 1.84 bits per heavy atom. The number of anilines is 1. The molecule has 1 aliphatic carbocycles. The minimum Gasteiger partial charge on any atom is -0.480 e. The highest BCUT2D eigenvalue weighted by atomic mass is 35.5. The molecule has 9 nitrogen and oxygen atoms in total. The van der Waals surface area contributed by atoms with Gasteiger partial charge in [0.1, 0.15) is 23.5 Å². The Morgan fingerprint density at radius 3 is 2.51 bits per heavy atom. The Morgan fingerprint density at radius 1 is 1.12 bits per heavy atom. The molecule has 3 aliphatic rings. The van der Waals surface area contributed by atoms with Crippen LogP contribution >= 0.6 is 34.5 Å². The van der Waals surface area contributed by atoms with Crippen LogP contribution < -0.4 is 15.5 Å². The molecular weight excluding hydrogens is 616 g/mol. The first-order valence-electron chi connectivity index (χ1n) is 14.3. The number of carboxylic acids is 1. The van der Waals surface area contributed by atoms with Crippen LogP contribution in [0, 0.1) is 5.82 Å². The molecule has 2 saturated heterocycles. The predicted molar refractivity (Wildman–Crippen MR) is 163 cm³/mol. The maximum atomic E-state index is 15.0. The molecule has 2 atom stereocenters. The van der Waals surface area contributed by atoms with E-state index in [1.165, 1.54) is 11.3 Å². The first kappa shape index (κ1) is 28.5. The normalized spacial score (nSPS) is 21.5. The Hall–Kier alpha value is -3.25. The quantitative estimate of drug-likeness (QED) is 0.192. The molecule has 0 radical (unpaired) electrons. The van der Waals surface area contributed by atoms with Gasteiger partial charge in [-0.1, -0.05) is 45.8 Å². The van der Waals surface area contributed by atoms with E-state index in [9.17, 15) is 14.0 Å². The van der Waals surface area contributed by atoms with E-state index in [1.54, 1.807) is 6.07 Å². The van der Waals surface area contributed by atoms with Crippen molar-refractivity contribution in [3.63, 3.8) is 0 Å². The molecule has 4 heterocycles. The highest BCUT2D eigenvalue weighted by Crippen LogP contribution is 2.47. The van der Waals surface area contributed by atoms with E-state index in [-0.39, 0.29) is 29.2 Å². The summed E-state index contributed by atoms with van der Waals surface area (Å²) in [6.07, 6.45) is 6.01. The number of carbonyl (C=O) groups is 2. The summed E-state index contributed by atoms with van der Waals surface area (Å²) in [6, 6.07) is 8.88. The Balaban J connectivity index is 1.08. The van der Waals surface area contributed by atoms with Crippen LogP contribution in [-0.2, 0) is 11.3 Å². The van der Waals surface area contributed by atoms with Gasteiger partial charge in [-0.25, -0.2) is 9.37 Å². The van der Waals surface area contributed by atoms with Crippen molar-refractivity contribution >= 4 is 61.8 Å². The van der Waals surface area contributed by atoms with Crippen LogP contribution in [0.5, 0.6) is 0 Å². The second kappa shape index (κ2) is 11.4. The fourth-order valence-corrected chi connectivity index (χ4v) is 8.20. The largest absolute Gasteiger partial charge is 0.480 e. The van der Waals surface area contributed by atoms with E-state index in [0.717, 1.165) is 61.0 Å². The summed E-state index contributed by atoms with van der Waals surface area (Å²) in [5.74, 6) is -1.12. The third kappa shape index (κ3) is 5.48. The Kier molecular flexibility index (Phi) is 7.53. The van der Waals surface area contributed by atoms with E-state index >= 15 is 0 Å². The van der Waals surface area contributed by atoms with Crippen molar-refractivity contribution in [3.05, 3.63) is 63.1 Å². The lowest BCUT2D eigenvalue weighted by Gasteiger charge is -2.39. The molecule has 7 rings (SSSR count). The SMILES string of the molecule is O=C(O)CNC(=O)c1cc(F)c2nc(N3C4CCC3CC(NCc3c(-c5c(Cl)cccc5Cl)noc3C3CC3)C4)sc2c1. The van der Waals surface area contributed by atoms with Crippen molar-refractivity contribution in [2.24, 2.45) is 0 Å². The molecule has 3 N–H and O–H groups in total. The van der Waals surface area contributed by atoms with Crippen molar-refractivity contribution in [2.75, 3.05) is 11.4 Å². The van der Waals surface area contributed by atoms with E-state index in [2.05, 4.69) is 25.7 Å². The van der Waals surface area contributed by atoms with Gasteiger partial charge in [0.2, 0.25) is 0 Å². The maximum Gasteiger partial charge on any atom is 0.322 e. The van der Waals surface area contributed by atoms with Crippen LogP contribution in [0.25, 0.3) is 21.5 Å². The van der Waals surface area contributed by atoms with E-state index in [1.807, 2.05) is 18.2 Å². The Labute approximate surface area is 260 Å². The van der Waals surface area contributed by atoms with Crippen molar-refractivity contribution < 1.29 is 23.6 Å². The number of carboxylic acid groups (broad SMARTS) is 1. The predicted octanol–water partition coefficient (Wildman–Crippen LogP) is 6.38. The number of carbonyl (C=O) groups excluding carboxylic acids is 1. The summed E-state index contributed by atoms with van der Waals surface area (Å²) in [5, 5.41) is 21.1. The minimum absolute atomic E-state index is 0.0732. The summed E-state index contributed by atoms with van der Waals surface area (Å²) in [5.41, 5.74) is 2.69. The van der Waals surface area contributed by atoms with Crippen molar-refractivity contribution in [1.29, 1.82) is 0 Å². The van der Waals surface area contributed by atoms with E-state index in [4.69, 9.17) is 32.8 Å². The number of aliphatic carboxylic acids is 1. The summed E-state index contributed by atoms with van der Waals surface area (Å²) in [4.78, 5) is 30.1. The van der Waals surface area contributed by atoms with Gasteiger partial charge >= 0.3 is 5.97 Å². The first-order chi connectivity index (χ1) is 20.8. The average Bonchev–Trinajstić information content (AvgIpc) is 3.49. The molecule has 3 fully saturated rings. The second-order valence-electron chi connectivity index (χ2n) is 11.5. The highest BCUT2D eigenvalue weighted by Gasteiger charge is 2.42. The molecule has 2 bridgehead atoms. The number of thiazole rings is 1. The second-order valence-corrected chi connectivity index (χ2v) is 13.3. The number of piperidine rings is 1. The van der Waals surface area contributed by atoms with Crippen LogP contribution in [-0.4, -0.2) is 51.8 Å². The number of benzene rings is 2. The molecule has 1 saturated carbocycles. The minimum atomic E-state index is -1.17. The van der Waals surface area contributed by atoms with Gasteiger partial charge in [0.05, 0.1) is 14.7 Å². The third-order valence-electron chi connectivity index (χ3n) is 8.59. The summed E-state index contributed by atoms with van der Waals surface area (Å²) < 4.78 is 21.4. The molecule has 224 valence electrons. The lowest BCUT2D eigenvalue weighted by Crippen LogP contribution is -2.49. The van der Waals surface area contributed by atoms with Crippen molar-refractivity contribution in [1.82, 2.24) is 20.8 Å². The van der Waals surface area contributed by atoms with Crippen LogP contribution in [0.4, 0.5) is 9.52 Å². The fraction of sp³-hybridized carbons (Fsp3) is 0.400. The number of hydrogen-bond donors (Lipinski definition) is 3. The topological polar surface area (TPSA) is 121 Å². The van der Waals surface area contributed by atoms with Crippen molar-refractivity contribution in [2.45, 2.75) is 69.1 Å². The van der Waals surface area contributed by atoms with E-state index < -0.39 is 24.2 Å². The van der Waals surface area contributed by atoms with Crippen LogP contribution in [0.1, 0.15) is 66.1 Å². The number of rotatable bonds is 9. The number of nitrogens with one attached hydrogen (secondary N) is 2. The molecule has 2 aliphatic heterocycles. The summed E-state index contributed by atoms with van der Waals surface area (Å²) in [6.45, 7) is 0.0578. The van der Waals surface area contributed by atoms with Crippen LogP contribution in [0.3, 0.4) is 0 Å². The Bertz CT molecular complexity index is 1710. The molecule has 0 spiro atoms. The molecule has 2 aromatic heterocycles. The standard InChI is InChI=1S/C30H28Cl2FN5O4S/c31-20-2-1-3-21(32)25(20)26-19(28(42-37-26)14-4-5-14)12-34-16-10-17-6-7-18(11-16)38(17)30-36-27-22(33)8-15(9-23(27)43-30)29(41)35-13-24(39)40/h1-3,8-9,14,16-18,34H,4-7,10-13H2,(H,35,41)(H,39,40). The van der Waals surface area contributed by atoms with Gasteiger partial charge < -0.3 is 25.2 Å². The highest BCUT2D eigenvalue weighted by molar-refractivity contribution is 7.22. The zero-order valence-electron chi connectivity index (χ0n) is 22.9. The zero-order chi connectivity index (χ0) is 29.8. The molecule has 13 heteroatoms. The number of fused-ring (bicyclic) bond motifs is 3. The molecule has 2 aromatic carbocycles. The smallest absolute Gasteiger partial charge is 0.322 e. The van der Waals surface area contributed by atoms with Gasteiger partial charge in [0.25, 0.3) is 5.91 Å². The van der Waals surface area contributed by atoms with Crippen LogP contribution in [0.2, 0.25) is 10.0 Å². The molecule has 4 aromatic rings. The number of hydrogen-bond acceptors (Lipinski definition) is 8. The number of halogens is 3. The molecule has 43 heavy (non-hydrogen) atoms. The summed E-state index contributed by atoms with van der Waals surface area (Å²) in [7, 11) is 0. The number of nitrogens with zero attached hydrogens (tertiary/aromatic N) is 3.